The van der Waals surface area contributed by atoms with E-state index in [1.807, 2.05) is 0 Å². The lowest BCUT2D eigenvalue weighted by molar-refractivity contribution is -0.384. The van der Waals surface area contributed by atoms with Gasteiger partial charge in [-0.25, -0.2) is 0 Å². The first-order valence-electron chi connectivity index (χ1n) is 5.47. The van der Waals surface area contributed by atoms with E-state index in [1.165, 1.54) is 30.3 Å². The van der Waals surface area contributed by atoms with Gasteiger partial charge in [-0.15, -0.1) is 0 Å². The van der Waals surface area contributed by atoms with E-state index in [0.717, 1.165) is 6.07 Å². The highest BCUT2D eigenvalue weighted by atomic mass is 16.6. The Morgan fingerprint density at radius 1 is 0.947 bits per heavy atom. The summed E-state index contributed by atoms with van der Waals surface area (Å²) in [5, 5.41) is 10.7. The average molecular weight is 252 g/mol. The zero-order chi connectivity index (χ0) is 13.6. The molecule has 19 heavy (non-hydrogen) atoms. The van der Waals surface area contributed by atoms with Gasteiger partial charge in [0.05, 0.1) is 4.92 Å². The molecule has 0 unspecified atom stereocenters. The van der Waals surface area contributed by atoms with Crippen molar-refractivity contribution in [1.82, 2.24) is 0 Å². The molecule has 1 aliphatic rings. The summed E-state index contributed by atoms with van der Waals surface area (Å²) in [5.41, 5.74) is 0.622. The van der Waals surface area contributed by atoms with E-state index in [-0.39, 0.29) is 39.5 Å². The van der Waals surface area contributed by atoms with Gasteiger partial charge in [-0.05, 0) is 24.3 Å². The number of rotatable bonds is 1. The number of ketones is 2. The van der Waals surface area contributed by atoms with Crippen LogP contribution in [0.25, 0.3) is 0 Å². The number of nitro groups is 1. The first kappa shape index (κ1) is 11.3. The molecule has 0 N–H and O–H groups in total. The SMILES string of the molecule is O=C1c2c[c]ccc2C(=O)c2cc([N+](=O)[O-])ccc21. The van der Waals surface area contributed by atoms with Crippen molar-refractivity contribution in [1.29, 1.82) is 0 Å². The second-order valence-electron chi connectivity index (χ2n) is 4.12. The molecule has 5 heteroatoms. The van der Waals surface area contributed by atoms with Crippen LogP contribution in [0.15, 0.2) is 36.4 Å². The molecule has 3 rings (SSSR count). The number of hydrogen-bond acceptors (Lipinski definition) is 4. The lowest BCUT2D eigenvalue weighted by Gasteiger charge is -2.16. The van der Waals surface area contributed by atoms with E-state index in [0.29, 0.717) is 0 Å². The molecular weight excluding hydrogens is 246 g/mol. The molecule has 0 bridgehead atoms. The number of carbonyl (C=O) groups is 2. The number of non-ortho nitro benzene ring substituents is 1. The highest BCUT2D eigenvalue weighted by Crippen LogP contribution is 2.29. The molecule has 1 aliphatic carbocycles. The van der Waals surface area contributed by atoms with E-state index in [4.69, 9.17) is 0 Å². The molecule has 91 valence electrons. The topological polar surface area (TPSA) is 77.3 Å². The Kier molecular flexibility index (Phi) is 2.28. The van der Waals surface area contributed by atoms with Crippen LogP contribution in [-0.2, 0) is 0 Å². The third kappa shape index (κ3) is 1.55. The summed E-state index contributed by atoms with van der Waals surface area (Å²) >= 11 is 0. The largest absolute Gasteiger partial charge is 0.289 e. The predicted molar refractivity (Wildman–Crippen MR) is 65.2 cm³/mol. The summed E-state index contributed by atoms with van der Waals surface area (Å²) in [6.07, 6.45) is 0. The highest BCUT2D eigenvalue weighted by Gasteiger charge is 2.30. The van der Waals surface area contributed by atoms with Crippen molar-refractivity contribution in [3.63, 3.8) is 0 Å². The number of benzene rings is 2. The molecule has 0 aromatic heterocycles. The van der Waals surface area contributed by atoms with Gasteiger partial charge in [0.1, 0.15) is 0 Å². The quantitative estimate of drug-likeness (QED) is 0.491. The molecule has 2 aromatic carbocycles. The van der Waals surface area contributed by atoms with Crippen LogP contribution in [0.4, 0.5) is 5.69 Å². The monoisotopic (exact) mass is 252 g/mol. The minimum Gasteiger partial charge on any atom is -0.289 e. The summed E-state index contributed by atoms with van der Waals surface area (Å²) in [7, 11) is 0. The Hall–Kier alpha value is -2.82. The molecule has 0 aliphatic heterocycles. The van der Waals surface area contributed by atoms with Crippen LogP contribution < -0.4 is 0 Å². The van der Waals surface area contributed by atoms with Crippen molar-refractivity contribution < 1.29 is 14.5 Å². The van der Waals surface area contributed by atoms with E-state index >= 15 is 0 Å². The van der Waals surface area contributed by atoms with Gasteiger partial charge in [0.25, 0.3) is 5.69 Å². The second-order valence-corrected chi connectivity index (χ2v) is 4.12. The molecule has 2 aromatic rings. The van der Waals surface area contributed by atoms with Crippen molar-refractivity contribution >= 4 is 17.3 Å². The number of nitro benzene ring substituents is 1. The minimum absolute atomic E-state index is 0.0814. The third-order valence-electron chi connectivity index (χ3n) is 3.06. The van der Waals surface area contributed by atoms with Crippen LogP contribution in [0.3, 0.4) is 0 Å². The Morgan fingerprint density at radius 3 is 2.37 bits per heavy atom. The van der Waals surface area contributed by atoms with Crippen LogP contribution in [0.2, 0.25) is 0 Å². The fourth-order valence-corrected chi connectivity index (χ4v) is 2.14. The van der Waals surface area contributed by atoms with Gasteiger partial charge in [0, 0.05) is 34.4 Å². The van der Waals surface area contributed by atoms with E-state index in [9.17, 15) is 19.7 Å². The number of carbonyl (C=O) groups excluding carboxylic acids is 2. The fraction of sp³-hybridized carbons (Fsp3) is 0. The fourth-order valence-electron chi connectivity index (χ4n) is 2.14. The van der Waals surface area contributed by atoms with E-state index in [1.54, 1.807) is 0 Å². The van der Waals surface area contributed by atoms with Gasteiger partial charge >= 0.3 is 0 Å². The lowest BCUT2D eigenvalue weighted by Crippen LogP contribution is -2.20. The maximum Gasteiger partial charge on any atom is 0.270 e. The summed E-state index contributed by atoms with van der Waals surface area (Å²) in [6.45, 7) is 0. The van der Waals surface area contributed by atoms with Crippen LogP contribution in [0, 0.1) is 16.2 Å². The van der Waals surface area contributed by atoms with Gasteiger partial charge in [-0.2, -0.15) is 0 Å². The maximum atomic E-state index is 12.2. The molecule has 0 heterocycles. The highest BCUT2D eigenvalue weighted by molar-refractivity contribution is 6.28. The Bertz CT molecular complexity index is 749. The van der Waals surface area contributed by atoms with E-state index < -0.39 is 4.92 Å². The van der Waals surface area contributed by atoms with Crippen molar-refractivity contribution in [2.45, 2.75) is 0 Å². The summed E-state index contributed by atoms with van der Waals surface area (Å²) < 4.78 is 0. The third-order valence-corrected chi connectivity index (χ3v) is 3.06. The molecule has 0 atom stereocenters. The van der Waals surface area contributed by atoms with Gasteiger partial charge in [0.15, 0.2) is 11.6 Å². The summed E-state index contributed by atoms with van der Waals surface area (Å²) in [6, 6.07) is 10.9. The van der Waals surface area contributed by atoms with Crippen LogP contribution >= 0.6 is 0 Å². The number of nitrogens with zero attached hydrogens (tertiary/aromatic N) is 1. The minimum atomic E-state index is -0.591. The predicted octanol–water partition coefficient (Wildman–Crippen LogP) is 2.17. The summed E-state index contributed by atoms with van der Waals surface area (Å²) in [5.74, 6) is -0.682. The van der Waals surface area contributed by atoms with Crippen LogP contribution in [0.1, 0.15) is 31.8 Å². The smallest absolute Gasteiger partial charge is 0.270 e. The van der Waals surface area contributed by atoms with Crippen molar-refractivity contribution in [2.24, 2.45) is 0 Å². The standard InChI is InChI=1S/C14H6NO4/c16-13-9-3-1-2-4-10(9)14(17)12-7-8(15(18)19)5-6-11(12)13/h2-7H. The van der Waals surface area contributed by atoms with Gasteiger partial charge in [-0.1, -0.05) is 6.07 Å². The molecule has 1 radical (unpaired) electrons. The molecule has 0 saturated heterocycles. The Morgan fingerprint density at radius 2 is 1.63 bits per heavy atom. The van der Waals surface area contributed by atoms with Crippen LogP contribution in [0.5, 0.6) is 0 Å². The number of fused-ring (bicyclic) bond motifs is 2. The number of hydrogen-bond donors (Lipinski definition) is 0. The average Bonchev–Trinajstić information content (AvgIpc) is 2.44. The maximum absolute atomic E-state index is 12.2. The van der Waals surface area contributed by atoms with Gasteiger partial charge < -0.3 is 0 Å². The molecule has 0 fully saturated rings. The zero-order valence-corrected chi connectivity index (χ0v) is 9.54. The molecule has 5 nitrogen and oxygen atoms in total. The van der Waals surface area contributed by atoms with Crippen molar-refractivity contribution in [3.8, 4) is 0 Å². The first-order valence-corrected chi connectivity index (χ1v) is 5.47. The van der Waals surface area contributed by atoms with Crippen LogP contribution in [-0.4, -0.2) is 16.5 Å². The van der Waals surface area contributed by atoms with Crippen molar-refractivity contribution in [3.05, 3.63) is 74.8 Å². The zero-order valence-electron chi connectivity index (χ0n) is 9.54. The Labute approximate surface area is 107 Å². The second kappa shape index (κ2) is 3.84. The van der Waals surface area contributed by atoms with E-state index in [2.05, 4.69) is 6.07 Å². The Balaban J connectivity index is 2.27. The molecule has 0 spiro atoms. The summed E-state index contributed by atoms with van der Waals surface area (Å²) in [4.78, 5) is 34.6. The first-order chi connectivity index (χ1) is 9.09. The van der Waals surface area contributed by atoms with Gasteiger partial charge in [-0.3, -0.25) is 19.7 Å². The lowest BCUT2D eigenvalue weighted by atomic mass is 9.84. The molecule has 0 saturated carbocycles. The molecular formula is C14H6NO4. The normalized spacial score (nSPS) is 12.8. The molecule has 0 amide bonds. The van der Waals surface area contributed by atoms with Gasteiger partial charge in [0.2, 0.25) is 0 Å². The van der Waals surface area contributed by atoms with Crippen molar-refractivity contribution in [2.75, 3.05) is 0 Å².